The molecule has 2 aromatic carbocycles. The van der Waals surface area contributed by atoms with Crippen LogP contribution in [0.1, 0.15) is 0 Å². The van der Waals surface area contributed by atoms with E-state index in [9.17, 15) is 4.79 Å². The van der Waals surface area contributed by atoms with E-state index < -0.39 is 0 Å². The summed E-state index contributed by atoms with van der Waals surface area (Å²) in [5.41, 5.74) is 4.09. The van der Waals surface area contributed by atoms with Crippen LogP contribution in [-0.4, -0.2) is 47.1 Å². The minimum atomic E-state index is -0.0530. The molecular weight excluding hydrogens is 350 g/mol. The van der Waals surface area contributed by atoms with Gasteiger partial charge in [-0.3, -0.25) is 4.98 Å². The Morgan fingerprint density at radius 3 is 2.79 bits per heavy atom. The molecule has 3 heterocycles. The molecule has 140 valence electrons. The number of aromatic nitrogens is 2. The lowest BCUT2D eigenvalue weighted by Gasteiger charge is -2.36. The summed E-state index contributed by atoms with van der Waals surface area (Å²) in [5, 5.41) is 5.26. The van der Waals surface area contributed by atoms with Gasteiger partial charge < -0.3 is 20.1 Å². The standard InChI is InChI=1S/C22H21N5O/c28-22(25-17-6-7-19-16(15-17)3-2-9-23-19)27-13-11-26(12-14-27)21-5-1-4-20-18(21)8-10-24-20/h1-10,15,24H,11-14H2,(H,25,28). The van der Waals surface area contributed by atoms with Crippen molar-refractivity contribution in [2.75, 3.05) is 36.4 Å². The fourth-order valence-electron chi connectivity index (χ4n) is 3.85. The van der Waals surface area contributed by atoms with Gasteiger partial charge in [0, 0.05) is 66.2 Å². The SMILES string of the molecule is O=C(Nc1ccc2ncccc2c1)N1CCN(c2cccc3[nH]ccc23)CC1. The first-order valence-electron chi connectivity index (χ1n) is 9.50. The molecule has 28 heavy (non-hydrogen) atoms. The normalized spacial score (nSPS) is 14.6. The van der Waals surface area contributed by atoms with Gasteiger partial charge in [-0.2, -0.15) is 0 Å². The number of nitrogens with zero attached hydrogens (tertiary/aromatic N) is 3. The number of aromatic amines is 1. The summed E-state index contributed by atoms with van der Waals surface area (Å²) in [6.45, 7) is 3.03. The smallest absolute Gasteiger partial charge is 0.321 e. The second kappa shape index (κ2) is 6.88. The van der Waals surface area contributed by atoms with Crippen molar-refractivity contribution in [2.24, 2.45) is 0 Å². The second-order valence-corrected chi connectivity index (χ2v) is 7.03. The van der Waals surface area contributed by atoms with Crippen LogP contribution in [0.25, 0.3) is 21.8 Å². The monoisotopic (exact) mass is 371 g/mol. The largest absolute Gasteiger partial charge is 0.367 e. The Hall–Kier alpha value is -3.54. The second-order valence-electron chi connectivity index (χ2n) is 7.03. The topological polar surface area (TPSA) is 64.3 Å². The molecule has 0 radical (unpaired) electrons. The molecule has 5 rings (SSSR count). The Morgan fingerprint density at radius 1 is 1.00 bits per heavy atom. The summed E-state index contributed by atoms with van der Waals surface area (Å²) in [4.78, 5) is 24.5. The van der Waals surface area contributed by atoms with E-state index in [1.807, 2.05) is 41.4 Å². The Bertz CT molecular complexity index is 1140. The van der Waals surface area contributed by atoms with E-state index >= 15 is 0 Å². The van der Waals surface area contributed by atoms with Crippen LogP contribution in [0.2, 0.25) is 0 Å². The van der Waals surface area contributed by atoms with E-state index in [0.717, 1.165) is 35.2 Å². The van der Waals surface area contributed by atoms with Gasteiger partial charge in [-0.15, -0.1) is 0 Å². The fourth-order valence-corrected chi connectivity index (χ4v) is 3.85. The molecule has 1 aliphatic heterocycles. The lowest BCUT2D eigenvalue weighted by atomic mass is 10.1. The van der Waals surface area contributed by atoms with Crippen LogP contribution in [-0.2, 0) is 0 Å². The molecule has 1 aliphatic rings. The molecule has 0 unspecified atom stereocenters. The summed E-state index contributed by atoms with van der Waals surface area (Å²) in [6, 6.07) is 18.1. The first-order valence-corrected chi connectivity index (χ1v) is 9.50. The van der Waals surface area contributed by atoms with Crippen molar-refractivity contribution in [3.63, 3.8) is 0 Å². The number of H-pyrrole nitrogens is 1. The van der Waals surface area contributed by atoms with Gasteiger partial charge in [0.05, 0.1) is 5.52 Å². The van der Waals surface area contributed by atoms with Gasteiger partial charge in [0.1, 0.15) is 0 Å². The van der Waals surface area contributed by atoms with E-state index in [-0.39, 0.29) is 6.03 Å². The average Bonchev–Trinajstić information content (AvgIpc) is 3.23. The number of pyridine rings is 1. The average molecular weight is 371 g/mol. The third kappa shape index (κ3) is 3.03. The van der Waals surface area contributed by atoms with Crippen molar-refractivity contribution >= 4 is 39.2 Å². The number of piperazine rings is 1. The molecule has 2 N–H and O–H groups in total. The van der Waals surface area contributed by atoms with Gasteiger partial charge in [-0.1, -0.05) is 12.1 Å². The summed E-state index contributed by atoms with van der Waals surface area (Å²) >= 11 is 0. The first-order chi connectivity index (χ1) is 13.8. The maximum absolute atomic E-state index is 12.7. The summed E-state index contributed by atoms with van der Waals surface area (Å²) in [6.07, 6.45) is 3.74. The Labute approximate surface area is 162 Å². The minimum Gasteiger partial charge on any atom is -0.367 e. The quantitative estimate of drug-likeness (QED) is 0.558. The number of fused-ring (bicyclic) bond motifs is 2. The van der Waals surface area contributed by atoms with Crippen molar-refractivity contribution in [2.45, 2.75) is 0 Å². The van der Waals surface area contributed by atoms with Gasteiger partial charge in [-0.05, 0) is 42.5 Å². The third-order valence-corrected chi connectivity index (χ3v) is 5.33. The van der Waals surface area contributed by atoms with Crippen molar-refractivity contribution < 1.29 is 4.79 Å². The van der Waals surface area contributed by atoms with Gasteiger partial charge >= 0.3 is 6.03 Å². The van der Waals surface area contributed by atoms with Gasteiger partial charge in [0.25, 0.3) is 0 Å². The highest BCUT2D eigenvalue weighted by molar-refractivity contribution is 5.94. The van der Waals surface area contributed by atoms with E-state index in [1.165, 1.54) is 11.1 Å². The van der Waals surface area contributed by atoms with Crippen molar-refractivity contribution in [3.05, 3.63) is 67.0 Å². The highest BCUT2D eigenvalue weighted by Crippen LogP contribution is 2.27. The Balaban J connectivity index is 1.26. The maximum atomic E-state index is 12.7. The number of benzene rings is 2. The summed E-state index contributed by atoms with van der Waals surface area (Å²) in [5.74, 6) is 0. The van der Waals surface area contributed by atoms with Crippen LogP contribution < -0.4 is 10.2 Å². The molecule has 2 amide bonds. The van der Waals surface area contributed by atoms with Crippen LogP contribution in [0.15, 0.2) is 67.0 Å². The predicted molar refractivity (Wildman–Crippen MR) is 113 cm³/mol. The van der Waals surface area contributed by atoms with Crippen molar-refractivity contribution in [1.29, 1.82) is 0 Å². The van der Waals surface area contributed by atoms with Crippen molar-refractivity contribution in [1.82, 2.24) is 14.9 Å². The number of amides is 2. The van der Waals surface area contributed by atoms with Gasteiger partial charge in [-0.25, -0.2) is 4.79 Å². The van der Waals surface area contributed by atoms with Crippen LogP contribution >= 0.6 is 0 Å². The fraction of sp³-hybridized carbons (Fsp3) is 0.182. The number of hydrogen-bond acceptors (Lipinski definition) is 3. The zero-order valence-electron chi connectivity index (χ0n) is 15.4. The molecule has 1 saturated heterocycles. The molecule has 0 spiro atoms. The first kappa shape index (κ1) is 16.6. The molecule has 6 heteroatoms. The van der Waals surface area contributed by atoms with E-state index in [2.05, 4.69) is 44.5 Å². The predicted octanol–water partition coefficient (Wildman–Crippen LogP) is 4.07. The number of nitrogens with one attached hydrogen (secondary N) is 2. The highest BCUT2D eigenvalue weighted by atomic mass is 16.2. The Kier molecular flexibility index (Phi) is 4.09. The van der Waals surface area contributed by atoms with Crippen LogP contribution in [0.4, 0.5) is 16.2 Å². The van der Waals surface area contributed by atoms with Crippen LogP contribution in [0, 0.1) is 0 Å². The molecule has 6 nitrogen and oxygen atoms in total. The lowest BCUT2D eigenvalue weighted by molar-refractivity contribution is 0.208. The van der Waals surface area contributed by atoms with Crippen LogP contribution in [0.5, 0.6) is 0 Å². The lowest BCUT2D eigenvalue weighted by Crippen LogP contribution is -2.50. The molecule has 0 saturated carbocycles. The minimum absolute atomic E-state index is 0.0530. The molecule has 1 fully saturated rings. The molecule has 2 aromatic heterocycles. The molecule has 0 aliphatic carbocycles. The zero-order valence-corrected chi connectivity index (χ0v) is 15.4. The number of urea groups is 1. The third-order valence-electron chi connectivity index (χ3n) is 5.33. The summed E-state index contributed by atoms with van der Waals surface area (Å²) < 4.78 is 0. The summed E-state index contributed by atoms with van der Waals surface area (Å²) in [7, 11) is 0. The molecule has 0 bridgehead atoms. The van der Waals surface area contributed by atoms with Crippen molar-refractivity contribution in [3.8, 4) is 0 Å². The van der Waals surface area contributed by atoms with E-state index in [4.69, 9.17) is 0 Å². The van der Waals surface area contributed by atoms with E-state index in [0.29, 0.717) is 13.1 Å². The highest BCUT2D eigenvalue weighted by Gasteiger charge is 2.22. The molecular formula is C22H21N5O. The van der Waals surface area contributed by atoms with Gasteiger partial charge in [0.15, 0.2) is 0 Å². The van der Waals surface area contributed by atoms with Gasteiger partial charge in [0.2, 0.25) is 0 Å². The maximum Gasteiger partial charge on any atom is 0.321 e. The number of carbonyl (C=O) groups excluding carboxylic acids is 1. The van der Waals surface area contributed by atoms with E-state index in [1.54, 1.807) is 6.20 Å². The number of hydrogen-bond donors (Lipinski definition) is 2. The molecule has 0 atom stereocenters. The van der Waals surface area contributed by atoms with Crippen LogP contribution in [0.3, 0.4) is 0 Å². The Morgan fingerprint density at radius 2 is 1.89 bits per heavy atom. The zero-order chi connectivity index (χ0) is 18.9. The number of carbonyl (C=O) groups is 1. The molecule has 4 aromatic rings. The number of rotatable bonds is 2. The number of anilines is 2.